The zero-order valence-corrected chi connectivity index (χ0v) is 10.4. The number of hydrogen-bond acceptors (Lipinski definition) is 3. The Hall–Kier alpha value is -0.320. The Morgan fingerprint density at radius 2 is 1.79 bits per heavy atom. The molecule has 1 aliphatic rings. The van der Waals surface area contributed by atoms with E-state index in [-0.39, 0.29) is 0 Å². The van der Waals surface area contributed by atoms with Gasteiger partial charge in [-0.1, -0.05) is 7.87 Å². The van der Waals surface area contributed by atoms with Crippen LogP contribution in [0, 0.1) is 13.8 Å². The molecule has 14 heavy (non-hydrogen) atoms. The van der Waals surface area contributed by atoms with Crippen molar-refractivity contribution < 1.29 is 14.8 Å². The molecule has 1 atom stereocenters. The van der Waals surface area contributed by atoms with Crippen molar-refractivity contribution in [3.05, 3.63) is 11.1 Å². The van der Waals surface area contributed by atoms with Gasteiger partial charge in [-0.05, 0) is 29.3 Å². The molecule has 6 heteroatoms. The molecule has 0 saturated carbocycles. The van der Waals surface area contributed by atoms with Gasteiger partial charge in [0.25, 0.3) is 0 Å². The first-order chi connectivity index (χ1) is 6.79. The summed E-state index contributed by atoms with van der Waals surface area (Å²) < 4.78 is 0. The van der Waals surface area contributed by atoms with E-state index in [1.165, 1.54) is 31.2 Å². The van der Waals surface area contributed by atoms with Gasteiger partial charge in [0.2, 0.25) is 11.5 Å². The highest BCUT2D eigenvalue weighted by Gasteiger charge is 2.25. The van der Waals surface area contributed by atoms with Crippen molar-refractivity contribution in [2.75, 3.05) is 0 Å². The molecule has 2 heterocycles. The molecule has 1 aromatic carbocycles. The Bertz CT molecular complexity index is 476. The summed E-state index contributed by atoms with van der Waals surface area (Å²) in [6.07, 6.45) is 0. The lowest BCUT2D eigenvalue weighted by Crippen LogP contribution is -1.89. The summed E-state index contributed by atoms with van der Waals surface area (Å²) in [6, 6.07) is 0. The van der Waals surface area contributed by atoms with Crippen LogP contribution in [0.1, 0.15) is 11.1 Å². The molecule has 0 N–H and O–H groups in total. The van der Waals surface area contributed by atoms with Crippen LogP contribution in [0.15, 0.2) is 0 Å². The van der Waals surface area contributed by atoms with E-state index in [0.29, 0.717) is 0 Å². The van der Waals surface area contributed by atoms with Gasteiger partial charge < -0.3 is 0 Å². The van der Waals surface area contributed by atoms with Crippen LogP contribution < -0.4 is 9.78 Å². The first-order valence-electron chi connectivity index (χ1n) is 4.14. The van der Waals surface area contributed by atoms with E-state index in [9.17, 15) is 0 Å². The van der Waals surface area contributed by atoms with Crippen molar-refractivity contribution in [3.63, 3.8) is 0 Å². The average Bonchev–Trinajstić information content (AvgIpc) is 2.82. The smallest absolute Gasteiger partial charge is 0.220 e. The summed E-state index contributed by atoms with van der Waals surface area (Å²) in [5, 5.41) is 7.38. The highest BCUT2D eigenvalue weighted by Crippen LogP contribution is 2.54. The van der Waals surface area contributed by atoms with Crippen LogP contribution in [-0.2, 0) is 5.04 Å². The molecule has 0 amide bonds. The SMILES string of the molecule is Cc1c2c(c(C)c3[pH]ppc13)OOO2. The maximum atomic E-state index is 5.01. The zero-order chi connectivity index (χ0) is 9.71. The molecule has 0 fully saturated rings. The molecule has 0 radical (unpaired) electrons. The third kappa shape index (κ3) is 1.05. The van der Waals surface area contributed by atoms with E-state index in [1.807, 2.05) is 0 Å². The third-order valence-corrected chi connectivity index (χ3v) is 8.09. The number of hydrogen-bond donors (Lipinski definition) is 0. The van der Waals surface area contributed by atoms with E-state index in [4.69, 9.17) is 9.78 Å². The van der Waals surface area contributed by atoms with Crippen molar-refractivity contribution in [2.24, 2.45) is 0 Å². The number of rotatable bonds is 0. The second kappa shape index (κ2) is 3.08. The van der Waals surface area contributed by atoms with Crippen LogP contribution in [0.5, 0.6) is 11.5 Å². The Balaban J connectivity index is 2.51. The van der Waals surface area contributed by atoms with Crippen molar-refractivity contribution in [1.82, 2.24) is 0 Å². The molecular formula is C8H7O3P3. The molecular weight excluding hydrogens is 237 g/mol. The van der Waals surface area contributed by atoms with Crippen LogP contribution in [0.2, 0.25) is 0 Å². The number of fused-ring (bicyclic) bond motifs is 2. The fourth-order valence-electron chi connectivity index (χ4n) is 1.60. The zero-order valence-electron chi connectivity index (χ0n) is 7.62. The highest BCUT2D eigenvalue weighted by molar-refractivity contribution is 8.20. The van der Waals surface area contributed by atoms with Gasteiger partial charge in [-0.25, -0.2) is 0 Å². The van der Waals surface area contributed by atoms with E-state index in [2.05, 4.69) is 18.9 Å². The molecule has 0 aliphatic carbocycles. The van der Waals surface area contributed by atoms with Gasteiger partial charge in [-0.2, -0.15) is 0 Å². The lowest BCUT2D eigenvalue weighted by Gasteiger charge is -2.02. The Morgan fingerprint density at radius 1 is 1.07 bits per heavy atom. The summed E-state index contributed by atoms with van der Waals surface area (Å²) >= 11 is 0. The van der Waals surface area contributed by atoms with Crippen LogP contribution in [-0.4, -0.2) is 0 Å². The fourth-order valence-corrected chi connectivity index (χ4v) is 8.41. The Labute approximate surface area is 85.3 Å². The summed E-state index contributed by atoms with van der Waals surface area (Å²) in [5.74, 6) is 1.52. The molecule has 3 rings (SSSR count). The van der Waals surface area contributed by atoms with Crippen LogP contribution >= 0.6 is 23.3 Å². The Kier molecular flexibility index (Phi) is 1.97. The quantitative estimate of drug-likeness (QED) is 0.647. The minimum Gasteiger partial charge on any atom is -0.295 e. The molecule has 1 aliphatic heterocycles. The van der Waals surface area contributed by atoms with Crippen molar-refractivity contribution in [3.8, 4) is 11.5 Å². The van der Waals surface area contributed by atoms with Crippen LogP contribution in [0.4, 0.5) is 0 Å². The normalized spacial score (nSPS) is 15.6. The van der Waals surface area contributed by atoms with Crippen molar-refractivity contribution in [2.45, 2.75) is 13.8 Å². The first-order valence-corrected chi connectivity index (χ1v) is 8.47. The van der Waals surface area contributed by atoms with Crippen LogP contribution in [0.3, 0.4) is 0 Å². The van der Waals surface area contributed by atoms with Gasteiger partial charge in [-0.3, -0.25) is 9.78 Å². The van der Waals surface area contributed by atoms with Crippen LogP contribution in [0.25, 0.3) is 10.2 Å². The fraction of sp³-hybridized carbons (Fsp3) is 0.250. The van der Waals surface area contributed by atoms with Gasteiger partial charge in [-0.15, -0.1) is 0 Å². The van der Waals surface area contributed by atoms with E-state index < -0.39 is 0 Å². The maximum Gasteiger partial charge on any atom is 0.220 e. The highest BCUT2D eigenvalue weighted by atomic mass is 32.1. The second-order valence-corrected chi connectivity index (χ2v) is 8.42. The lowest BCUT2D eigenvalue weighted by molar-refractivity contribution is -0.384. The van der Waals surface area contributed by atoms with Gasteiger partial charge in [0, 0.05) is 26.4 Å². The molecule has 0 saturated heterocycles. The lowest BCUT2D eigenvalue weighted by atomic mass is 10.1. The molecule has 2 aromatic rings. The molecule has 0 spiro atoms. The average molecular weight is 244 g/mol. The van der Waals surface area contributed by atoms with E-state index in [0.717, 1.165) is 24.9 Å². The van der Waals surface area contributed by atoms with E-state index in [1.54, 1.807) is 0 Å². The number of benzene rings is 1. The monoisotopic (exact) mass is 244 g/mol. The predicted molar refractivity (Wildman–Crippen MR) is 60.3 cm³/mol. The van der Waals surface area contributed by atoms with Crippen molar-refractivity contribution in [1.29, 1.82) is 0 Å². The molecule has 1 aromatic heterocycles. The standard InChI is InChI=1S/C8H7O3P3/c1-3-5-6(10-11-9-5)4(2)8-7(3)12-14-13-8/h12H,1-2H3. The van der Waals surface area contributed by atoms with Crippen molar-refractivity contribution >= 4 is 33.5 Å². The summed E-state index contributed by atoms with van der Waals surface area (Å²) in [4.78, 5) is 10.0. The molecule has 0 bridgehead atoms. The summed E-state index contributed by atoms with van der Waals surface area (Å²) in [5.41, 5.74) is 2.34. The predicted octanol–water partition coefficient (Wildman–Crippen LogP) is 4.27. The topological polar surface area (TPSA) is 27.7 Å². The van der Waals surface area contributed by atoms with Gasteiger partial charge in [0.1, 0.15) is 0 Å². The Morgan fingerprint density at radius 3 is 2.57 bits per heavy atom. The first kappa shape index (κ1) is 8.95. The molecule has 72 valence electrons. The summed E-state index contributed by atoms with van der Waals surface area (Å²) in [7, 11) is 3.72. The minimum absolute atomic E-state index is 0.760. The second-order valence-electron chi connectivity index (χ2n) is 3.18. The molecule has 1 unspecified atom stereocenters. The largest absolute Gasteiger partial charge is 0.295 e. The third-order valence-electron chi connectivity index (χ3n) is 2.40. The summed E-state index contributed by atoms with van der Waals surface area (Å²) in [6.45, 7) is 4.13. The van der Waals surface area contributed by atoms with Gasteiger partial charge in [0.15, 0.2) is 0 Å². The maximum absolute atomic E-state index is 5.01. The van der Waals surface area contributed by atoms with E-state index >= 15 is 0 Å². The van der Waals surface area contributed by atoms with Gasteiger partial charge >= 0.3 is 0 Å². The minimum atomic E-state index is 0.760. The van der Waals surface area contributed by atoms with Gasteiger partial charge in [0.05, 0.1) is 0 Å². The number of aryl methyl sites for hydroxylation is 2. The molecule has 3 nitrogen and oxygen atoms in total.